The van der Waals surface area contributed by atoms with Gasteiger partial charge in [0.2, 0.25) is 5.13 Å². The highest BCUT2D eigenvalue weighted by atomic mass is 32.1. The quantitative estimate of drug-likeness (QED) is 0.776. The maximum Gasteiger partial charge on any atom is 0.260 e. The van der Waals surface area contributed by atoms with Crippen molar-refractivity contribution < 1.29 is 14.3 Å². The number of ether oxygens (including phenoxy) is 1. The molecule has 2 aliphatic rings. The Morgan fingerprint density at radius 3 is 2.45 bits per heavy atom. The molecule has 0 spiro atoms. The molecule has 2 fully saturated rings. The van der Waals surface area contributed by atoms with Crippen molar-refractivity contribution in [1.29, 1.82) is 0 Å². The van der Waals surface area contributed by atoms with Crippen LogP contribution in [-0.2, 0) is 4.79 Å². The molecule has 7 nitrogen and oxygen atoms in total. The maximum atomic E-state index is 12.5. The van der Waals surface area contributed by atoms with Gasteiger partial charge in [-0.2, -0.15) is 0 Å². The van der Waals surface area contributed by atoms with Crippen molar-refractivity contribution >= 4 is 28.3 Å². The highest BCUT2D eigenvalue weighted by molar-refractivity contribution is 7.15. The van der Waals surface area contributed by atoms with E-state index >= 15 is 0 Å². The Balaban J connectivity index is 1.30. The third-order valence-corrected chi connectivity index (χ3v) is 6.55. The molecule has 0 bridgehead atoms. The van der Waals surface area contributed by atoms with Crippen LogP contribution in [0.15, 0.2) is 24.3 Å². The first-order valence-corrected chi connectivity index (χ1v) is 11.0. The van der Waals surface area contributed by atoms with Crippen molar-refractivity contribution in [3.63, 3.8) is 0 Å². The molecule has 2 heterocycles. The molecule has 1 saturated heterocycles. The van der Waals surface area contributed by atoms with Gasteiger partial charge >= 0.3 is 0 Å². The number of piperidine rings is 1. The van der Waals surface area contributed by atoms with Crippen LogP contribution in [0.4, 0.5) is 5.13 Å². The minimum Gasteiger partial charge on any atom is -0.484 e. The van der Waals surface area contributed by atoms with E-state index < -0.39 is 0 Å². The molecule has 1 saturated carbocycles. The average molecular weight is 415 g/mol. The molecule has 2 unspecified atom stereocenters. The number of likely N-dealkylation sites (tertiary alicyclic amines) is 1. The Bertz CT molecular complexity index is 868. The van der Waals surface area contributed by atoms with E-state index in [2.05, 4.69) is 29.4 Å². The average Bonchev–Trinajstić information content (AvgIpc) is 3.46. The normalized spacial score (nSPS) is 21.7. The lowest BCUT2D eigenvalue weighted by Crippen LogP contribution is -2.49. The van der Waals surface area contributed by atoms with Crippen LogP contribution >= 0.6 is 11.3 Å². The summed E-state index contributed by atoms with van der Waals surface area (Å²) in [5.74, 6) is 0.865. The Morgan fingerprint density at radius 2 is 1.79 bits per heavy atom. The smallest absolute Gasteiger partial charge is 0.260 e. The van der Waals surface area contributed by atoms with Crippen LogP contribution in [0.3, 0.4) is 0 Å². The van der Waals surface area contributed by atoms with Crippen molar-refractivity contribution in [2.45, 2.75) is 64.0 Å². The maximum absolute atomic E-state index is 12.5. The van der Waals surface area contributed by atoms with Crippen molar-refractivity contribution in [1.82, 2.24) is 15.1 Å². The predicted molar refractivity (Wildman–Crippen MR) is 111 cm³/mol. The number of anilines is 1. The van der Waals surface area contributed by atoms with Gasteiger partial charge in [-0.3, -0.25) is 14.9 Å². The summed E-state index contributed by atoms with van der Waals surface area (Å²) in [6, 6.07) is 7.29. The molecule has 1 aromatic heterocycles. The molecule has 1 aromatic carbocycles. The zero-order valence-electron chi connectivity index (χ0n) is 16.8. The molecular weight excluding hydrogens is 388 g/mol. The van der Waals surface area contributed by atoms with Crippen molar-refractivity contribution in [3.05, 3.63) is 34.8 Å². The van der Waals surface area contributed by atoms with Crippen LogP contribution in [0, 0.1) is 0 Å². The summed E-state index contributed by atoms with van der Waals surface area (Å²) in [7, 11) is 0. The highest BCUT2D eigenvalue weighted by Gasteiger charge is 2.29. The fraction of sp³-hybridized carbons (Fsp3) is 0.524. The first kappa shape index (κ1) is 19.8. The fourth-order valence-electron chi connectivity index (χ4n) is 3.78. The van der Waals surface area contributed by atoms with Gasteiger partial charge in [0.1, 0.15) is 10.8 Å². The molecule has 8 heteroatoms. The van der Waals surface area contributed by atoms with Crippen LogP contribution in [0.25, 0.3) is 0 Å². The number of rotatable bonds is 6. The third kappa shape index (κ3) is 4.75. The molecule has 4 rings (SSSR count). The predicted octanol–water partition coefficient (Wildman–Crippen LogP) is 3.84. The van der Waals surface area contributed by atoms with E-state index in [4.69, 9.17) is 4.74 Å². The van der Waals surface area contributed by atoms with E-state index in [0.717, 1.165) is 37.1 Å². The first-order valence-electron chi connectivity index (χ1n) is 10.2. The second-order valence-electron chi connectivity index (χ2n) is 7.92. The largest absolute Gasteiger partial charge is 0.484 e. The Kier molecular flexibility index (Phi) is 5.80. The molecule has 0 radical (unpaired) electrons. The van der Waals surface area contributed by atoms with E-state index in [0.29, 0.717) is 22.4 Å². The van der Waals surface area contributed by atoms with Gasteiger partial charge in [-0.1, -0.05) is 11.3 Å². The number of amides is 2. The van der Waals surface area contributed by atoms with Crippen LogP contribution < -0.4 is 10.1 Å². The van der Waals surface area contributed by atoms with Crippen LogP contribution in [-0.4, -0.2) is 45.6 Å². The lowest BCUT2D eigenvalue weighted by Gasteiger charge is -2.38. The zero-order chi connectivity index (χ0) is 20.4. The van der Waals surface area contributed by atoms with Crippen molar-refractivity contribution in [2.24, 2.45) is 0 Å². The highest BCUT2D eigenvalue weighted by Crippen LogP contribution is 2.42. The second kappa shape index (κ2) is 8.49. The molecule has 1 N–H and O–H groups in total. The Morgan fingerprint density at radius 1 is 1.10 bits per heavy atom. The van der Waals surface area contributed by atoms with E-state index in [1.807, 2.05) is 4.90 Å². The summed E-state index contributed by atoms with van der Waals surface area (Å²) < 4.78 is 5.66. The number of hydrogen-bond acceptors (Lipinski definition) is 6. The number of aromatic nitrogens is 2. The van der Waals surface area contributed by atoms with Gasteiger partial charge in [0.25, 0.3) is 11.8 Å². The summed E-state index contributed by atoms with van der Waals surface area (Å²) in [6.45, 7) is 4.19. The minimum atomic E-state index is -0.234. The number of nitrogens with zero attached hydrogens (tertiary/aromatic N) is 3. The molecule has 2 amide bonds. The van der Waals surface area contributed by atoms with E-state index in [1.54, 1.807) is 24.3 Å². The van der Waals surface area contributed by atoms with E-state index in [-0.39, 0.29) is 30.5 Å². The number of nitrogens with one attached hydrogen (secondary N) is 1. The minimum absolute atomic E-state index is 0.00857. The van der Waals surface area contributed by atoms with Gasteiger partial charge in [0.15, 0.2) is 6.61 Å². The van der Waals surface area contributed by atoms with Gasteiger partial charge in [0, 0.05) is 23.6 Å². The Labute approximate surface area is 174 Å². The first-order chi connectivity index (χ1) is 14.0. The number of benzene rings is 1. The topological polar surface area (TPSA) is 84.4 Å². The molecule has 1 aliphatic heterocycles. The van der Waals surface area contributed by atoms with Gasteiger partial charge in [0.05, 0.1) is 0 Å². The second-order valence-corrected chi connectivity index (χ2v) is 8.93. The number of carbonyl (C=O) groups is 2. The molecule has 2 aromatic rings. The van der Waals surface area contributed by atoms with Crippen LogP contribution in [0.5, 0.6) is 5.75 Å². The molecule has 29 heavy (non-hydrogen) atoms. The Hall–Kier alpha value is -2.48. The summed E-state index contributed by atoms with van der Waals surface area (Å²) in [6.07, 6.45) is 5.55. The SMILES string of the molecule is CC1CCCC(C)N1C(=O)COc1ccc(C(=O)Nc2nnc(C3CC3)s2)cc1. The summed E-state index contributed by atoms with van der Waals surface area (Å²) >= 11 is 1.43. The third-order valence-electron chi connectivity index (χ3n) is 5.55. The lowest BCUT2D eigenvalue weighted by molar-refractivity contribution is -0.139. The van der Waals surface area contributed by atoms with Gasteiger partial charge in [-0.15, -0.1) is 10.2 Å². The van der Waals surface area contributed by atoms with Crippen molar-refractivity contribution in [2.75, 3.05) is 11.9 Å². The van der Waals surface area contributed by atoms with Crippen molar-refractivity contribution in [3.8, 4) is 5.75 Å². The standard InChI is InChI=1S/C21H26N4O3S/c1-13-4-3-5-14(2)25(13)18(26)12-28-17-10-8-15(9-11-17)19(27)22-21-24-23-20(29-21)16-6-7-16/h8-11,13-14,16H,3-7,12H2,1-2H3,(H,22,24,27). The van der Waals surface area contributed by atoms with Crippen LogP contribution in [0.1, 0.15) is 67.2 Å². The summed E-state index contributed by atoms with van der Waals surface area (Å²) in [4.78, 5) is 26.9. The molecule has 2 atom stereocenters. The summed E-state index contributed by atoms with van der Waals surface area (Å²) in [5, 5.41) is 12.5. The monoisotopic (exact) mass is 414 g/mol. The number of hydrogen-bond donors (Lipinski definition) is 1. The van der Waals surface area contributed by atoms with Crippen LogP contribution in [0.2, 0.25) is 0 Å². The lowest BCUT2D eigenvalue weighted by atomic mass is 9.97. The molecular formula is C21H26N4O3S. The number of carbonyl (C=O) groups excluding carboxylic acids is 2. The summed E-state index contributed by atoms with van der Waals surface area (Å²) in [5.41, 5.74) is 0.505. The van der Waals surface area contributed by atoms with Gasteiger partial charge in [-0.25, -0.2) is 0 Å². The molecule has 1 aliphatic carbocycles. The van der Waals surface area contributed by atoms with Gasteiger partial charge < -0.3 is 9.64 Å². The van der Waals surface area contributed by atoms with E-state index in [1.165, 1.54) is 11.3 Å². The molecule has 154 valence electrons. The zero-order valence-corrected chi connectivity index (χ0v) is 17.6. The van der Waals surface area contributed by atoms with E-state index in [9.17, 15) is 9.59 Å². The van der Waals surface area contributed by atoms with Gasteiger partial charge in [-0.05, 0) is 70.2 Å². The fourth-order valence-corrected chi connectivity index (χ4v) is 4.69.